The number of hydrogen-bond donors (Lipinski definition) is 0. The first-order chi connectivity index (χ1) is 6.48. The second kappa shape index (κ2) is 3.09. The summed E-state index contributed by atoms with van der Waals surface area (Å²) >= 11 is 3.34. The van der Waals surface area contributed by atoms with Crippen molar-refractivity contribution in [3.05, 3.63) is 34.5 Å². The summed E-state index contributed by atoms with van der Waals surface area (Å²) < 4.78 is 19.9. The Labute approximate surface area is 90.0 Å². The van der Waals surface area contributed by atoms with Crippen molar-refractivity contribution in [3.63, 3.8) is 0 Å². The summed E-state index contributed by atoms with van der Waals surface area (Å²) in [5, 5.41) is 0.834. The molecule has 74 valence electrons. The van der Waals surface area contributed by atoms with E-state index in [0.29, 0.717) is 11.1 Å². The fraction of sp³-hybridized carbons (Fsp3) is 0.273. The molecule has 0 bridgehead atoms. The maximum absolute atomic E-state index is 13.7. The van der Waals surface area contributed by atoms with Crippen molar-refractivity contribution in [2.75, 3.05) is 0 Å². The predicted octanol–water partition coefficient (Wildman–Crippen LogP) is 4.40. The van der Waals surface area contributed by atoms with Crippen LogP contribution in [0, 0.1) is 0 Å². The van der Waals surface area contributed by atoms with Gasteiger partial charge in [-0.05, 0) is 32.0 Å². The van der Waals surface area contributed by atoms with Gasteiger partial charge in [0.1, 0.15) is 11.3 Å². The summed E-state index contributed by atoms with van der Waals surface area (Å²) in [7, 11) is 0. The van der Waals surface area contributed by atoms with E-state index in [9.17, 15) is 4.39 Å². The van der Waals surface area contributed by atoms with Crippen molar-refractivity contribution in [3.8, 4) is 0 Å². The van der Waals surface area contributed by atoms with Crippen LogP contribution < -0.4 is 0 Å². The largest absolute Gasteiger partial charge is 0.464 e. The van der Waals surface area contributed by atoms with Crippen LogP contribution in [-0.4, -0.2) is 0 Å². The Kier molecular flexibility index (Phi) is 2.14. The maximum atomic E-state index is 13.7. The third-order valence-corrected chi connectivity index (χ3v) is 2.67. The van der Waals surface area contributed by atoms with E-state index >= 15 is 0 Å². The molecule has 0 amide bonds. The molecule has 0 aliphatic carbocycles. The van der Waals surface area contributed by atoms with Gasteiger partial charge in [-0.1, -0.05) is 15.9 Å². The van der Waals surface area contributed by atoms with E-state index in [1.807, 2.05) is 18.2 Å². The Morgan fingerprint density at radius 1 is 1.36 bits per heavy atom. The summed E-state index contributed by atoms with van der Waals surface area (Å²) in [6, 6.07) is 5.58. The standard InChI is InChI=1S/C11H10BrFO/c1-11(2,13)9-6-14-10-5-7(12)3-4-8(9)10/h3-6H,1-2H3. The average Bonchev–Trinajstić information content (AvgIpc) is 2.45. The minimum atomic E-state index is -1.36. The van der Waals surface area contributed by atoms with Crippen molar-refractivity contribution >= 4 is 26.9 Å². The van der Waals surface area contributed by atoms with Gasteiger partial charge in [0.05, 0.1) is 6.26 Å². The lowest BCUT2D eigenvalue weighted by atomic mass is 10.00. The van der Waals surface area contributed by atoms with Gasteiger partial charge in [0, 0.05) is 15.4 Å². The molecule has 1 nitrogen and oxygen atoms in total. The highest BCUT2D eigenvalue weighted by Crippen LogP contribution is 2.33. The van der Waals surface area contributed by atoms with E-state index in [-0.39, 0.29) is 0 Å². The van der Waals surface area contributed by atoms with E-state index in [2.05, 4.69) is 15.9 Å². The molecule has 14 heavy (non-hydrogen) atoms. The Morgan fingerprint density at radius 2 is 2.07 bits per heavy atom. The van der Waals surface area contributed by atoms with Gasteiger partial charge in [0.15, 0.2) is 0 Å². The molecule has 0 aliphatic rings. The normalized spacial score (nSPS) is 12.3. The van der Waals surface area contributed by atoms with Gasteiger partial charge >= 0.3 is 0 Å². The van der Waals surface area contributed by atoms with E-state index < -0.39 is 5.67 Å². The average molecular weight is 257 g/mol. The molecular weight excluding hydrogens is 247 g/mol. The molecule has 2 aromatic rings. The quantitative estimate of drug-likeness (QED) is 0.737. The molecule has 0 atom stereocenters. The van der Waals surface area contributed by atoms with Crippen molar-refractivity contribution in [1.82, 2.24) is 0 Å². The first-order valence-corrected chi connectivity index (χ1v) is 5.14. The smallest absolute Gasteiger partial charge is 0.135 e. The van der Waals surface area contributed by atoms with Gasteiger partial charge in [-0.2, -0.15) is 0 Å². The van der Waals surface area contributed by atoms with Crippen LogP contribution >= 0.6 is 15.9 Å². The van der Waals surface area contributed by atoms with E-state index in [4.69, 9.17) is 4.42 Å². The van der Waals surface area contributed by atoms with Crippen LogP contribution in [0.3, 0.4) is 0 Å². The lowest BCUT2D eigenvalue weighted by Crippen LogP contribution is -2.07. The maximum Gasteiger partial charge on any atom is 0.135 e. The molecule has 0 saturated carbocycles. The molecule has 0 radical (unpaired) electrons. The van der Waals surface area contributed by atoms with Gasteiger partial charge < -0.3 is 4.42 Å². The number of hydrogen-bond acceptors (Lipinski definition) is 1. The summed E-state index contributed by atoms with van der Waals surface area (Å²) in [5.41, 5.74) is -0.0564. The van der Waals surface area contributed by atoms with Gasteiger partial charge in [-0.15, -0.1) is 0 Å². The van der Waals surface area contributed by atoms with Crippen LogP contribution in [0.25, 0.3) is 11.0 Å². The molecule has 0 spiro atoms. The summed E-state index contributed by atoms with van der Waals surface area (Å²) in [6.45, 7) is 3.05. The monoisotopic (exact) mass is 256 g/mol. The van der Waals surface area contributed by atoms with Gasteiger partial charge in [-0.25, -0.2) is 4.39 Å². The molecule has 0 saturated heterocycles. The second-order valence-electron chi connectivity index (χ2n) is 3.76. The number of benzene rings is 1. The van der Waals surface area contributed by atoms with Crippen molar-refractivity contribution < 1.29 is 8.81 Å². The van der Waals surface area contributed by atoms with Crippen LogP contribution in [0.4, 0.5) is 4.39 Å². The fourth-order valence-electron chi connectivity index (χ4n) is 1.46. The molecule has 3 heteroatoms. The van der Waals surface area contributed by atoms with Gasteiger partial charge in [0.2, 0.25) is 0 Å². The minimum absolute atomic E-state index is 0.597. The van der Waals surface area contributed by atoms with Crippen LogP contribution in [-0.2, 0) is 5.67 Å². The highest BCUT2D eigenvalue weighted by atomic mass is 79.9. The van der Waals surface area contributed by atoms with Crippen LogP contribution in [0.5, 0.6) is 0 Å². The Bertz CT molecular complexity index is 468. The molecule has 1 heterocycles. The number of fused-ring (bicyclic) bond motifs is 1. The Balaban J connectivity index is 2.70. The number of furan rings is 1. The van der Waals surface area contributed by atoms with E-state index in [1.165, 1.54) is 20.1 Å². The Morgan fingerprint density at radius 3 is 2.71 bits per heavy atom. The van der Waals surface area contributed by atoms with E-state index in [0.717, 1.165) is 9.86 Å². The van der Waals surface area contributed by atoms with Gasteiger partial charge in [0.25, 0.3) is 0 Å². The zero-order valence-corrected chi connectivity index (χ0v) is 9.56. The molecule has 2 rings (SSSR count). The molecule has 0 N–H and O–H groups in total. The van der Waals surface area contributed by atoms with Crippen molar-refractivity contribution in [1.29, 1.82) is 0 Å². The first kappa shape index (κ1) is 9.71. The second-order valence-corrected chi connectivity index (χ2v) is 4.68. The lowest BCUT2D eigenvalue weighted by molar-refractivity contribution is 0.222. The Hall–Kier alpha value is -0.830. The minimum Gasteiger partial charge on any atom is -0.464 e. The fourth-order valence-corrected chi connectivity index (χ4v) is 1.80. The molecule has 1 aromatic heterocycles. The highest BCUT2D eigenvalue weighted by Gasteiger charge is 2.23. The summed E-state index contributed by atoms with van der Waals surface area (Å²) in [4.78, 5) is 0. The third kappa shape index (κ3) is 1.57. The van der Waals surface area contributed by atoms with E-state index in [1.54, 1.807) is 0 Å². The van der Waals surface area contributed by atoms with Crippen molar-refractivity contribution in [2.45, 2.75) is 19.5 Å². The lowest BCUT2D eigenvalue weighted by Gasteiger charge is -2.11. The zero-order valence-electron chi connectivity index (χ0n) is 7.97. The first-order valence-electron chi connectivity index (χ1n) is 4.34. The molecular formula is C11H10BrFO. The predicted molar refractivity (Wildman–Crippen MR) is 58.0 cm³/mol. The van der Waals surface area contributed by atoms with Crippen LogP contribution in [0.1, 0.15) is 19.4 Å². The SMILES string of the molecule is CC(C)(F)c1coc2cc(Br)ccc12. The third-order valence-electron chi connectivity index (χ3n) is 2.18. The summed E-state index contributed by atoms with van der Waals surface area (Å²) in [6.07, 6.45) is 1.48. The zero-order chi connectivity index (χ0) is 10.3. The molecule has 1 aromatic carbocycles. The molecule has 0 aliphatic heterocycles. The van der Waals surface area contributed by atoms with Crippen molar-refractivity contribution in [2.24, 2.45) is 0 Å². The number of halogens is 2. The van der Waals surface area contributed by atoms with Gasteiger partial charge in [-0.3, -0.25) is 0 Å². The summed E-state index contributed by atoms with van der Waals surface area (Å²) in [5.74, 6) is 0. The molecule has 0 unspecified atom stereocenters. The highest BCUT2D eigenvalue weighted by molar-refractivity contribution is 9.10. The van der Waals surface area contributed by atoms with Crippen LogP contribution in [0.15, 0.2) is 33.4 Å². The number of rotatable bonds is 1. The topological polar surface area (TPSA) is 13.1 Å². The van der Waals surface area contributed by atoms with Crippen LogP contribution in [0.2, 0.25) is 0 Å². The number of alkyl halides is 1. The molecule has 0 fully saturated rings.